The van der Waals surface area contributed by atoms with Gasteiger partial charge in [0.1, 0.15) is 5.82 Å². The smallest absolute Gasteiger partial charge is 0.123 e. The number of aliphatic hydroxyl groups is 1. The van der Waals surface area contributed by atoms with Gasteiger partial charge in [0.15, 0.2) is 0 Å². The van der Waals surface area contributed by atoms with Crippen LogP contribution in [0.15, 0.2) is 54.6 Å². The zero-order valence-electron chi connectivity index (χ0n) is 11.8. The van der Waals surface area contributed by atoms with Gasteiger partial charge in [-0.15, -0.1) is 11.6 Å². The molecule has 1 N–H and O–H groups in total. The van der Waals surface area contributed by atoms with Crippen molar-refractivity contribution in [2.24, 2.45) is 0 Å². The number of halogens is 2. The fourth-order valence-corrected chi connectivity index (χ4v) is 2.56. The molecule has 2 aromatic rings. The number of hydrogen-bond donors (Lipinski definition) is 1. The molecular weight excluding hydrogens is 289 g/mol. The van der Waals surface area contributed by atoms with Crippen LogP contribution < -0.4 is 0 Å². The summed E-state index contributed by atoms with van der Waals surface area (Å²) in [6.45, 7) is 1.97. The van der Waals surface area contributed by atoms with Crippen molar-refractivity contribution in [2.45, 2.75) is 11.9 Å². The Kier molecular flexibility index (Phi) is 6.18. The Balaban J connectivity index is 2.00. The molecule has 1 atom stereocenters. The molecular formula is C17H19ClFNO. The van der Waals surface area contributed by atoms with E-state index in [0.29, 0.717) is 13.1 Å². The standard InChI is InChI=1S/C17H19ClFNO/c18-17(15-6-8-16(19)9-7-15)13-20(10-11-21)12-14-4-2-1-3-5-14/h1-9,17,21H,10-13H2. The molecule has 2 rings (SSSR count). The molecule has 2 nitrogen and oxygen atoms in total. The fourth-order valence-electron chi connectivity index (χ4n) is 2.22. The van der Waals surface area contributed by atoms with Gasteiger partial charge in [-0.1, -0.05) is 42.5 Å². The van der Waals surface area contributed by atoms with Crippen LogP contribution in [0.4, 0.5) is 4.39 Å². The van der Waals surface area contributed by atoms with Crippen molar-refractivity contribution in [1.82, 2.24) is 4.90 Å². The molecule has 4 heteroatoms. The third-order valence-electron chi connectivity index (χ3n) is 3.32. The van der Waals surface area contributed by atoms with Crippen molar-refractivity contribution in [2.75, 3.05) is 19.7 Å². The van der Waals surface area contributed by atoms with Crippen molar-refractivity contribution >= 4 is 11.6 Å². The Labute approximate surface area is 129 Å². The largest absolute Gasteiger partial charge is 0.395 e. The van der Waals surface area contributed by atoms with E-state index in [9.17, 15) is 9.50 Å². The first-order valence-electron chi connectivity index (χ1n) is 6.95. The highest BCUT2D eigenvalue weighted by atomic mass is 35.5. The topological polar surface area (TPSA) is 23.5 Å². The number of benzene rings is 2. The van der Waals surface area contributed by atoms with Crippen LogP contribution in [0.25, 0.3) is 0 Å². The average Bonchev–Trinajstić information content (AvgIpc) is 2.49. The van der Waals surface area contributed by atoms with Crippen molar-refractivity contribution in [1.29, 1.82) is 0 Å². The lowest BCUT2D eigenvalue weighted by atomic mass is 10.1. The number of nitrogens with zero attached hydrogens (tertiary/aromatic N) is 1. The van der Waals surface area contributed by atoms with Gasteiger partial charge in [0.05, 0.1) is 12.0 Å². The second-order valence-electron chi connectivity index (χ2n) is 4.96. The van der Waals surface area contributed by atoms with Crippen LogP contribution in [0.2, 0.25) is 0 Å². The molecule has 21 heavy (non-hydrogen) atoms. The summed E-state index contributed by atoms with van der Waals surface area (Å²) in [5.41, 5.74) is 2.06. The summed E-state index contributed by atoms with van der Waals surface area (Å²) in [6.07, 6.45) is 0. The van der Waals surface area contributed by atoms with E-state index >= 15 is 0 Å². The highest BCUT2D eigenvalue weighted by molar-refractivity contribution is 6.21. The number of aliphatic hydroxyl groups excluding tert-OH is 1. The molecule has 0 spiro atoms. The average molecular weight is 308 g/mol. The predicted molar refractivity (Wildman–Crippen MR) is 83.8 cm³/mol. The van der Waals surface area contributed by atoms with Gasteiger partial charge < -0.3 is 5.11 Å². The monoisotopic (exact) mass is 307 g/mol. The second kappa shape index (κ2) is 8.13. The lowest BCUT2D eigenvalue weighted by Crippen LogP contribution is -2.29. The lowest BCUT2D eigenvalue weighted by molar-refractivity contribution is 0.190. The minimum absolute atomic E-state index is 0.0832. The second-order valence-corrected chi connectivity index (χ2v) is 5.49. The van der Waals surface area contributed by atoms with Crippen molar-refractivity contribution in [3.05, 3.63) is 71.5 Å². The Morgan fingerprint density at radius 1 is 1.05 bits per heavy atom. The molecule has 0 bridgehead atoms. The van der Waals surface area contributed by atoms with Gasteiger partial charge in [-0.3, -0.25) is 4.90 Å². The molecule has 112 valence electrons. The molecule has 0 aliphatic carbocycles. The van der Waals surface area contributed by atoms with Gasteiger partial charge in [-0.05, 0) is 23.3 Å². The van der Waals surface area contributed by atoms with Crippen molar-refractivity contribution in [3.63, 3.8) is 0 Å². The van der Waals surface area contributed by atoms with Crippen LogP contribution in [0.5, 0.6) is 0 Å². The molecule has 0 amide bonds. The van der Waals surface area contributed by atoms with Crippen molar-refractivity contribution in [3.8, 4) is 0 Å². The van der Waals surface area contributed by atoms with Gasteiger partial charge in [-0.25, -0.2) is 4.39 Å². The number of rotatable bonds is 7. The van der Waals surface area contributed by atoms with Crippen LogP contribution >= 0.6 is 11.6 Å². The van der Waals surface area contributed by atoms with Gasteiger partial charge in [0.2, 0.25) is 0 Å². The quantitative estimate of drug-likeness (QED) is 0.790. The van der Waals surface area contributed by atoms with Crippen molar-refractivity contribution < 1.29 is 9.50 Å². The zero-order valence-corrected chi connectivity index (χ0v) is 12.5. The van der Waals surface area contributed by atoms with E-state index in [2.05, 4.69) is 4.90 Å². The van der Waals surface area contributed by atoms with Gasteiger partial charge >= 0.3 is 0 Å². The molecule has 0 fully saturated rings. The molecule has 1 unspecified atom stereocenters. The van der Waals surface area contributed by atoms with Crippen LogP contribution in [-0.4, -0.2) is 29.7 Å². The Hall–Kier alpha value is -1.42. The molecule has 2 aromatic carbocycles. The van der Waals surface area contributed by atoms with E-state index < -0.39 is 0 Å². The Morgan fingerprint density at radius 3 is 2.33 bits per heavy atom. The minimum Gasteiger partial charge on any atom is -0.395 e. The first-order valence-corrected chi connectivity index (χ1v) is 7.39. The van der Waals surface area contributed by atoms with Crippen LogP contribution in [0.1, 0.15) is 16.5 Å². The third-order valence-corrected chi connectivity index (χ3v) is 3.71. The molecule has 0 saturated heterocycles. The third kappa shape index (κ3) is 5.12. The van der Waals surface area contributed by atoms with E-state index in [1.165, 1.54) is 17.7 Å². The molecule has 0 aliphatic rings. The maximum absolute atomic E-state index is 12.9. The summed E-state index contributed by atoms with van der Waals surface area (Å²) >= 11 is 6.41. The molecule has 0 saturated carbocycles. The summed E-state index contributed by atoms with van der Waals surface area (Å²) in [4.78, 5) is 2.09. The summed E-state index contributed by atoms with van der Waals surface area (Å²) in [5.74, 6) is -0.265. The number of alkyl halides is 1. The summed E-state index contributed by atoms with van der Waals surface area (Å²) in [6, 6.07) is 16.3. The SMILES string of the molecule is OCCN(Cc1ccccc1)CC(Cl)c1ccc(F)cc1. The highest BCUT2D eigenvalue weighted by Crippen LogP contribution is 2.22. The summed E-state index contributed by atoms with van der Waals surface area (Å²) in [7, 11) is 0. The normalized spacial score (nSPS) is 12.6. The first kappa shape index (κ1) is 16.0. The minimum atomic E-state index is -0.265. The first-order chi connectivity index (χ1) is 10.2. The molecule has 0 aromatic heterocycles. The fraction of sp³-hybridized carbons (Fsp3) is 0.294. The molecule has 0 heterocycles. The van der Waals surface area contributed by atoms with E-state index in [1.807, 2.05) is 30.3 Å². The van der Waals surface area contributed by atoms with Gasteiger partial charge in [0, 0.05) is 19.6 Å². The summed E-state index contributed by atoms with van der Waals surface area (Å²) in [5, 5.41) is 8.96. The highest BCUT2D eigenvalue weighted by Gasteiger charge is 2.14. The van der Waals surface area contributed by atoms with Gasteiger partial charge in [0.25, 0.3) is 0 Å². The Bertz CT molecular complexity index is 532. The Morgan fingerprint density at radius 2 is 1.71 bits per heavy atom. The van der Waals surface area contributed by atoms with Crippen LogP contribution in [-0.2, 0) is 6.54 Å². The summed E-state index contributed by atoms with van der Waals surface area (Å²) < 4.78 is 12.9. The van der Waals surface area contributed by atoms with Gasteiger partial charge in [-0.2, -0.15) is 0 Å². The van der Waals surface area contributed by atoms with E-state index in [0.717, 1.165) is 12.1 Å². The molecule has 0 radical (unpaired) electrons. The number of hydrogen-bond acceptors (Lipinski definition) is 2. The molecule has 0 aliphatic heterocycles. The zero-order chi connectivity index (χ0) is 15.1. The maximum Gasteiger partial charge on any atom is 0.123 e. The van der Waals surface area contributed by atoms with E-state index in [4.69, 9.17) is 11.6 Å². The van der Waals surface area contributed by atoms with Crippen LogP contribution in [0, 0.1) is 5.82 Å². The van der Waals surface area contributed by atoms with E-state index in [1.54, 1.807) is 12.1 Å². The maximum atomic E-state index is 12.9. The van der Waals surface area contributed by atoms with E-state index in [-0.39, 0.29) is 17.8 Å². The predicted octanol–water partition coefficient (Wildman–Crippen LogP) is 3.60. The lowest BCUT2D eigenvalue weighted by Gasteiger charge is -2.24. The van der Waals surface area contributed by atoms with Crippen LogP contribution in [0.3, 0.4) is 0 Å².